The van der Waals surface area contributed by atoms with Gasteiger partial charge < -0.3 is 5.32 Å². The number of para-hydroxylation sites is 2. The molecule has 1 aromatic heterocycles. The van der Waals surface area contributed by atoms with Crippen molar-refractivity contribution in [3.05, 3.63) is 93.4 Å². The molecule has 0 bridgehead atoms. The zero-order valence-electron chi connectivity index (χ0n) is 17.4. The van der Waals surface area contributed by atoms with Crippen LogP contribution in [0.1, 0.15) is 52.1 Å². The summed E-state index contributed by atoms with van der Waals surface area (Å²) in [5.74, 6) is -0.530. The quantitative estimate of drug-likeness (QED) is 0.701. The third kappa shape index (κ3) is 3.59. The monoisotopic (exact) mass is 400 g/mol. The van der Waals surface area contributed by atoms with Crippen LogP contribution in [0.15, 0.2) is 65.6 Å². The number of amides is 1. The molecule has 3 aromatic rings. The van der Waals surface area contributed by atoms with Crippen LogP contribution in [0.2, 0.25) is 0 Å². The van der Waals surface area contributed by atoms with Crippen molar-refractivity contribution in [2.45, 2.75) is 33.6 Å². The van der Waals surface area contributed by atoms with Gasteiger partial charge in [0.2, 0.25) is 0 Å². The summed E-state index contributed by atoms with van der Waals surface area (Å²) < 4.78 is 1.40. The molecule has 0 aliphatic heterocycles. The molecule has 4 rings (SSSR count). The van der Waals surface area contributed by atoms with Crippen LogP contribution in [0, 0.1) is 12.3 Å². The van der Waals surface area contributed by atoms with E-state index in [1.54, 1.807) is 24.4 Å². The molecular weight excluding hydrogens is 376 g/mol. The molecule has 0 saturated heterocycles. The Labute approximate surface area is 175 Å². The van der Waals surface area contributed by atoms with Crippen molar-refractivity contribution in [1.82, 2.24) is 4.57 Å². The molecule has 0 radical (unpaired) electrons. The number of nitrogens with one attached hydrogen (secondary N) is 1. The molecule has 0 saturated carbocycles. The second kappa shape index (κ2) is 7.41. The van der Waals surface area contributed by atoms with Gasteiger partial charge in [0.25, 0.3) is 11.5 Å². The predicted molar refractivity (Wildman–Crippen MR) is 118 cm³/mol. The average molecular weight is 400 g/mol. The number of benzene rings is 2. The molecule has 2 aromatic carbocycles. The number of fused-ring (bicyclic) bond motifs is 1. The van der Waals surface area contributed by atoms with E-state index in [2.05, 4.69) is 5.32 Å². The van der Waals surface area contributed by atoms with Crippen molar-refractivity contribution in [3.63, 3.8) is 0 Å². The summed E-state index contributed by atoms with van der Waals surface area (Å²) in [7, 11) is 0. The van der Waals surface area contributed by atoms with Gasteiger partial charge in [0.1, 0.15) is 5.56 Å². The van der Waals surface area contributed by atoms with Gasteiger partial charge in [-0.2, -0.15) is 0 Å². The second-order valence-electron chi connectivity index (χ2n) is 8.62. The molecule has 0 spiro atoms. The topological polar surface area (TPSA) is 68.2 Å². The second-order valence-corrected chi connectivity index (χ2v) is 8.62. The Balaban J connectivity index is 1.93. The van der Waals surface area contributed by atoms with Crippen LogP contribution in [0.25, 0.3) is 5.69 Å². The Bertz CT molecular complexity index is 1210. The minimum atomic E-state index is -0.485. The van der Waals surface area contributed by atoms with Crippen LogP contribution in [0.3, 0.4) is 0 Å². The highest BCUT2D eigenvalue weighted by Crippen LogP contribution is 2.36. The van der Waals surface area contributed by atoms with Gasteiger partial charge in [-0.15, -0.1) is 0 Å². The molecule has 152 valence electrons. The van der Waals surface area contributed by atoms with E-state index in [1.807, 2.05) is 57.2 Å². The van der Waals surface area contributed by atoms with Gasteiger partial charge in [-0.25, -0.2) is 0 Å². The summed E-state index contributed by atoms with van der Waals surface area (Å²) in [4.78, 5) is 39.7. The Kier molecular flexibility index (Phi) is 4.90. The molecular formula is C25H24N2O3. The molecule has 1 heterocycles. The molecule has 1 aliphatic rings. The van der Waals surface area contributed by atoms with Crippen molar-refractivity contribution < 1.29 is 9.59 Å². The third-order valence-electron chi connectivity index (χ3n) is 5.57. The van der Waals surface area contributed by atoms with E-state index in [0.29, 0.717) is 35.3 Å². The van der Waals surface area contributed by atoms with Crippen LogP contribution in [-0.4, -0.2) is 16.3 Å². The normalized spacial score (nSPS) is 14.8. The van der Waals surface area contributed by atoms with Crippen LogP contribution in [-0.2, 0) is 6.42 Å². The van der Waals surface area contributed by atoms with Crippen molar-refractivity contribution >= 4 is 17.4 Å². The number of hydrogen-bond donors (Lipinski definition) is 1. The fraction of sp³-hybridized carbons (Fsp3) is 0.240. The Morgan fingerprint density at radius 3 is 2.33 bits per heavy atom. The summed E-state index contributed by atoms with van der Waals surface area (Å²) >= 11 is 0. The minimum Gasteiger partial charge on any atom is -0.322 e. The first-order valence-electron chi connectivity index (χ1n) is 10.0. The van der Waals surface area contributed by atoms with Crippen molar-refractivity contribution in [3.8, 4) is 5.69 Å². The van der Waals surface area contributed by atoms with E-state index in [-0.39, 0.29) is 16.8 Å². The van der Waals surface area contributed by atoms with Gasteiger partial charge in [-0.1, -0.05) is 50.2 Å². The van der Waals surface area contributed by atoms with Gasteiger partial charge in [-0.3, -0.25) is 19.0 Å². The molecule has 0 fully saturated rings. The number of aromatic nitrogens is 1. The molecule has 30 heavy (non-hydrogen) atoms. The molecule has 1 amide bonds. The van der Waals surface area contributed by atoms with Gasteiger partial charge >= 0.3 is 0 Å². The number of carbonyl (C=O) groups is 2. The fourth-order valence-electron chi connectivity index (χ4n) is 4.06. The third-order valence-corrected chi connectivity index (χ3v) is 5.57. The van der Waals surface area contributed by atoms with Crippen LogP contribution < -0.4 is 10.9 Å². The smallest absolute Gasteiger partial charge is 0.268 e. The number of carbonyl (C=O) groups excluding carboxylic acids is 2. The molecule has 0 unspecified atom stereocenters. The summed E-state index contributed by atoms with van der Waals surface area (Å²) in [5, 5.41) is 2.87. The number of nitrogens with zero attached hydrogens (tertiary/aromatic N) is 1. The van der Waals surface area contributed by atoms with Crippen LogP contribution in [0.4, 0.5) is 5.69 Å². The van der Waals surface area contributed by atoms with E-state index in [0.717, 1.165) is 5.56 Å². The Hall–Kier alpha value is -3.47. The lowest BCUT2D eigenvalue weighted by atomic mass is 9.73. The first-order chi connectivity index (χ1) is 14.3. The number of rotatable bonds is 3. The maximum atomic E-state index is 13.5. The van der Waals surface area contributed by atoms with Gasteiger partial charge in [0.15, 0.2) is 5.78 Å². The molecule has 5 heteroatoms. The lowest BCUT2D eigenvalue weighted by Gasteiger charge is -2.31. The number of ketones is 1. The number of Topliss-reactive ketones (excluding diaryl/α,β-unsaturated/α-hetero) is 1. The SMILES string of the molecule is Cc1ccccc1NC(=O)c1c2c(cn(-c3ccccc3)c1=O)C(=O)CC(C)(C)C2. The molecule has 1 aliphatic carbocycles. The zero-order chi connectivity index (χ0) is 21.5. The Morgan fingerprint density at radius 2 is 1.63 bits per heavy atom. The first-order valence-corrected chi connectivity index (χ1v) is 10.0. The van der Waals surface area contributed by atoms with Gasteiger partial charge in [-0.05, 0) is 48.1 Å². The first kappa shape index (κ1) is 19.8. The number of pyridine rings is 1. The summed E-state index contributed by atoms with van der Waals surface area (Å²) in [6, 6.07) is 16.5. The lowest BCUT2D eigenvalue weighted by Crippen LogP contribution is -2.37. The van der Waals surface area contributed by atoms with Crippen LogP contribution >= 0.6 is 0 Å². The highest BCUT2D eigenvalue weighted by atomic mass is 16.2. The summed E-state index contributed by atoms with van der Waals surface area (Å²) in [6.45, 7) is 5.87. The Morgan fingerprint density at radius 1 is 0.967 bits per heavy atom. The van der Waals surface area contributed by atoms with Crippen LogP contribution in [0.5, 0.6) is 0 Å². The summed E-state index contributed by atoms with van der Waals surface area (Å²) in [6.07, 6.45) is 2.47. The molecule has 5 nitrogen and oxygen atoms in total. The van der Waals surface area contributed by atoms with E-state index >= 15 is 0 Å². The standard InChI is InChI=1S/C25H24N2O3/c1-16-9-7-8-12-20(16)26-23(29)22-18-13-25(2,3)14-21(28)19(18)15-27(24(22)30)17-10-5-4-6-11-17/h4-12,15H,13-14H2,1-3H3,(H,26,29). The number of aryl methyl sites for hydroxylation is 1. The largest absolute Gasteiger partial charge is 0.322 e. The maximum Gasteiger partial charge on any atom is 0.268 e. The lowest BCUT2D eigenvalue weighted by molar-refractivity contribution is 0.0910. The van der Waals surface area contributed by atoms with Crippen molar-refractivity contribution in [2.24, 2.45) is 5.41 Å². The fourth-order valence-corrected chi connectivity index (χ4v) is 4.06. The molecule has 1 N–H and O–H groups in total. The maximum absolute atomic E-state index is 13.5. The van der Waals surface area contributed by atoms with Gasteiger partial charge in [0, 0.05) is 29.6 Å². The van der Waals surface area contributed by atoms with Gasteiger partial charge in [0.05, 0.1) is 0 Å². The van der Waals surface area contributed by atoms with E-state index < -0.39 is 11.5 Å². The number of anilines is 1. The minimum absolute atomic E-state index is 0.0423. The van der Waals surface area contributed by atoms with Crippen molar-refractivity contribution in [1.29, 1.82) is 0 Å². The van der Waals surface area contributed by atoms with E-state index in [4.69, 9.17) is 0 Å². The highest BCUT2D eigenvalue weighted by molar-refractivity contribution is 6.09. The highest BCUT2D eigenvalue weighted by Gasteiger charge is 2.36. The van der Waals surface area contributed by atoms with E-state index in [1.165, 1.54) is 4.57 Å². The van der Waals surface area contributed by atoms with Crippen molar-refractivity contribution in [2.75, 3.05) is 5.32 Å². The average Bonchev–Trinajstić information content (AvgIpc) is 2.69. The molecule has 0 atom stereocenters. The van der Waals surface area contributed by atoms with E-state index in [9.17, 15) is 14.4 Å². The number of hydrogen-bond acceptors (Lipinski definition) is 3. The zero-order valence-corrected chi connectivity index (χ0v) is 17.4. The summed E-state index contributed by atoms with van der Waals surface area (Å²) in [5.41, 5.74) is 2.47. The predicted octanol–water partition coefficient (Wildman–Crippen LogP) is 4.55.